The maximum Gasteiger partial charge on any atom is 0.320 e. The van der Waals surface area contributed by atoms with Gasteiger partial charge in [-0.3, -0.25) is 4.98 Å². The van der Waals surface area contributed by atoms with Crippen LogP contribution in [0.25, 0.3) is 10.9 Å². The summed E-state index contributed by atoms with van der Waals surface area (Å²) in [5.41, 5.74) is 0.420. The minimum Gasteiger partial charge on any atom is -0.493 e. The van der Waals surface area contributed by atoms with Crippen LogP contribution in [0.2, 0.25) is 0 Å². The number of pyridine rings is 1. The van der Waals surface area contributed by atoms with Crippen LogP contribution >= 0.6 is 0 Å². The Kier molecular flexibility index (Phi) is 3.31. The second-order valence-corrected chi connectivity index (χ2v) is 4.22. The number of aromatic hydroxyl groups is 1. The standard InChI is InChI=1S/C14H9F2N3O2/c15-10-3-1-2-8(12(10)16)7-21-14-18-11-6-17-5-4-9(11)13(20)19-14/h1-6H,7H2,(H,18,19,20). The molecule has 3 rings (SSSR count). The predicted molar refractivity (Wildman–Crippen MR) is 69.7 cm³/mol. The lowest BCUT2D eigenvalue weighted by Crippen LogP contribution is -2.03. The van der Waals surface area contributed by atoms with Crippen LogP contribution in [-0.2, 0) is 6.61 Å². The number of hydrogen-bond donors (Lipinski definition) is 1. The molecule has 7 heteroatoms. The SMILES string of the molecule is Oc1nc(OCc2cccc(F)c2F)nc2cnccc12. The van der Waals surface area contributed by atoms with E-state index < -0.39 is 11.6 Å². The van der Waals surface area contributed by atoms with Crippen molar-refractivity contribution in [3.05, 3.63) is 53.9 Å². The molecule has 0 unspecified atom stereocenters. The summed E-state index contributed by atoms with van der Waals surface area (Å²) >= 11 is 0. The number of fused-ring (bicyclic) bond motifs is 1. The number of halogens is 2. The molecule has 0 saturated heterocycles. The molecule has 2 heterocycles. The first-order valence-electron chi connectivity index (χ1n) is 6.01. The molecule has 0 bridgehead atoms. The normalized spacial score (nSPS) is 10.8. The molecule has 0 aliphatic heterocycles. The van der Waals surface area contributed by atoms with E-state index in [-0.39, 0.29) is 24.1 Å². The lowest BCUT2D eigenvalue weighted by atomic mass is 10.2. The zero-order valence-electron chi connectivity index (χ0n) is 10.6. The average molecular weight is 289 g/mol. The third-order valence-electron chi connectivity index (χ3n) is 2.85. The van der Waals surface area contributed by atoms with E-state index in [1.165, 1.54) is 24.5 Å². The molecular formula is C14H9F2N3O2. The maximum atomic E-state index is 13.5. The second kappa shape index (κ2) is 5.28. The highest BCUT2D eigenvalue weighted by molar-refractivity contribution is 5.82. The summed E-state index contributed by atoms with van der Waals surface area (Å²) in [6.07, 6.45) is 2.93. The zero-order valence-corrected chi connectivity index (χ0v) is 10.6. The van der Waals surface area contributed by atoms with Gasteiger partial charge in [0, 0.05) is 11.8 Å². The smallest absolute Gasteiger partial charge is 0.320 e. The van der Waals surface area contributed by atoms with Gasteiger partial charge in [0.25, 0.3) is 0 Å². The largest absolute Gasteiger partial charge is 0.493 e. The molecule has 3 aromatic rings. The van der Waals surface area contributed by atoms with Crippen molar-refractivity contribution in [3.8, 4) is 11.9 Å². The molecule has 0 aliphatic carbocycles. The summed E-state index contributed by atoms with van der Waals surface area (Å²) in [5.74, 6) is -2.20. The van der Waals surface area contributed by atoms with Gasteiger partial charge in [-0.25, -0.2) is 8.78 Å². The molecule has 0 amide bonds. The van der Waals surface area contributed by atoms with Gasteiger partial charge in [0.1, 0.15) is 6.61 Å². The third-order valence-corrected chi connectivity index (χ3v) is 2.85. The minimum absolute atomic E-state index is 0.0318. The topological polar surface area (TPSA) is 68.1 Å². The first-order chi connectivity index (χ1) is 10.1. The number of aromatic nitrogens is 3. The molecule has 1 aromatic carbocycles. The minimum atomic E-state index is -0.982. The Balaban J connectivity index is 1.87. The fourth-order valence-electron chi connectivity index (χ4n) is 1.81. The van der Waals surface area contributed by atoms with Gasteiger partial charge in [-0.15, -0.1) is 0 Å². The molecule has 0 spiro atoms. The van der Waals surface area contributed by atoms with Crippen molar-refractivity contribution >= 4 is 10.9 Å². The Bertz CT molecular complexity index is 811. The van der Waals surface area contributed by atoms with Crippen molar-refractivity contribution < 1.29 is 18.6 Å². The molecule has 0 saturated carbocycles. The summed E-state index contributed by atoms with van der Waals surface area (Å²) in [4.78, 5) is 11.7. The van der Waals surface area contributed by atoms with E-state index in [4.69, 9.17) is 4.74 Å². The number of benzene rings is 1. The van der Waals surface area contributed by atoms with E-state index in [1.807, 2.05) is 0 Å². The molecule has 5 nitrogen and oxygen atoms in total. The van der Waals surface area contributed by atoms with Gasteiger partial charge in [-0.2, -0.15) is 9.97 Å². The third kappa shape index (κ3) is 2.58. The lowest BCUT2D eigenvalue weighted by molar-refractivity contribution is 0.270. The van der Waals surface area contributed by atoms with Gasteiger partial charge < -0.3 is 9.84 Å². The molecule has 21 heavy (non-hydrogen) atoms. The van der Waals surface area contributed by atoms with Crippen LogP contribution in [0.5, 0.6) is 11.9 Å². The summed E-state index contributed by atoms with van der Waals surface area (Å²) in [5, 5.41) is 10.2. The number of nitrogens with zero attached hydrogens (tertiary/aromatic N) is 3. The average Bonchev–Trinajstić information content (AvgIpc) is 2.49. The van der Waals surface area contributed by atoms with Crippen LogP contribution in [0.3, 0.4) is 0 Å². The van der Waals surface area contributed by atoms with Crippen LogP contribution in [-0.4, -0.2) is 20.1 Å². The Labute approximate surface area is 117 Å². The van der Waals surface area contributed by atoms with E-state index in [0.717, 1.165) is 6.07 Å². The predicted octanol–water partition coefficient (Wildman–Crippen LogP) is 2.59. The van der Waals surface area contributed by atoms with Crippen LogP contribution in [0.4, 0.5) is 8.78 Å². The fourth-order valence-corrected chi connectivity index (χ4v) is 1.81. The molecule has 0 atom stereocenters. The van der Waals surface area contributed by atoms with Gasteiger partial charge >= 0.3 is 6.01 Å². The van der Waals surface area contributed by atoms with Crippen molar-refractivity contribution in [2.24, 2.45) is 0 Å². The van der Waals surface area contributed by atoms with E-state index >= 15 is 0 Å². The maximum absolute atomic E-state index is 13.5. The fraction of sp³-hybridized carbons (Fsp3) is 0.0714. The summed E-state index contributed by atoms with van der Waals surface area (Å²) in [6, 6.07) is 5.20. The lowest BCUT2D eigenvalue weighted by Gasteiger charge is -2.07. The Morgan fingerprint density at radius 1 is 1.14 bits per heavy atom. The molecule has 0 aliphatic rings. The highest BCUT2D eigenvalue weighted by Gasteiger charge is 2.11. The van der Waals surface area contributed by atoms with Crippen molar-refractivity contribution in [1.82, 2.24) is 15.0 Å². The monoisotopic (exact) mass is 289 g/mol. The Hall–Kier alpha value is -2.83. The van der Waals surface area contributed by atoms with E-state index in [2.05, 4.69) is 15.0 Å². The van der Waals surface area contributed by atoms with Gasteiger partial charge in [0.2, 0.25) is 5.88 Å². The molecule has 0 fully saturated rings. The van der Waals surface area contributed by atoms with Gasteiger partial charge in [-0.05, 0) is 12.1 Å². The Morgan fingerprint density at radius 3 is 2.86 bits per heavy atom. The van der Waals surface area contributed by atoms with Crippen LogP contribution in [0, 0.1) is 11.6 Å². The van der Waals surface area contributed by atoms with E-state index in [0.29, 0.717) is 10.9 Å². The van der Waals surface area contributed by atoms with Crippen LogP contribution in [0.1, 0.15) is 5.56 Å². The molecule has 106 valence electrons. The molecule has 1 N–H and O–H groups in total. The van der Waals surface area contributed by atoms with E-state index in [9.17, 15) is 13.9 Å². The van der Waals surface area contributed by atoms with Crippen LogP contribution in [0.15, 0.2) is 36.7 Å². The van der Waals surface area contributed by atoms with Gasteiger partial charge in [0.05, 0.1) is 17.1 Å². The number of ether oxygens (including phenoxy) is 1. The van der Waals surface area contributed by atoms with Crippen molar-refractivity contribution in [1.29, 1.82) is 0 Å². The van der Waals surface area contributed by atoms with Gasteiger partial charge in [0.15, 0.2) is 11.6 Å². The highest BCUT2D eigenvalue weighted by Crippen LogP contribution is 2.23. The summed E-state index contributed by atoms with van der Waals surface area (Å²) in [7, 11) is 0. The summed E-state index contributed by atoms with van der Waals surface area (Å²) < 4.78 is 31.7. The second-order valence-electron chi connectivity index (χ2n) is 4.22. The molecule has 2 aromatic heterocycles. The van der Waals surface area contributed by atoms with Crippen molar-refractivity contribution in [2.75, 3.05) is 0 Å². The Morgan fingerprint density at radius 2 is 2.00 bits per heavy atom. The quantitative estimate of drug-likeness (QED) is 0.802. The van der Waals surface area contributed by atoms with Crippen molar-refractivity contribution in [3.63, 3.8) is 0 Å². The first-order valence-corrected chi connectivity index (χ1v) is 6.01. The van der Waals surface area contributed by atoms with Gasteiger partial charge in [-0.1, -0.05) is 12.1 Å². The molecular weight excluding hydrogens is 280 g/mol. The number of rotatable bonds is 3. The number of hydrogen-bond acceptors (Lipinski definition) is 5. The molecule has 0 radical (unpaired) electrons. The summed E-state index contributed by atoms with van der Waals surface area (Å²) in [6.45, 7) is -0.255. The van der Waals surface area contributed by atoms with Crippen molar-refractivity contribution in [2.45, 2.75) is 6.61 Å². The highest BCUT2D eigenvalue weighted by atomic mass is 19.2. The van der Waals surface area contributed by atoms with E-state index in [1.54, 1.807) is 6.07 Å². The van der Waals surface area contributed by atoms with Crippen LogP contribution < -0.4 is 4.74 Å². The first kappa shape index (κ1) is 13.2. The zero-order chi connectivity index (χ0) is 14.8.